The van der Waals surface area contributed by atoms with Gasteiger partial charge in [-0.15, -0.1) is 11.3 Å². The quantitative estimate of drug-likeness (QED) is 0.868. The molecule has 0 aliphatic carbocycles. The van der Waals surface area contributed by atoms with Crippen LogP contribution in [0.2, 0.25) is 4.34 Å². The lowest BCUT2D eigenvalue weighted by Crippen LogP contribution is -2.38. The van der Waals surface area contributed by atoms with E-state index in [1.54, 1.807) is 12.2 Å². The first-order chi connectivity index (χ1) is 9.54. The van der Waals surface area contributed by atoms with Crippen molar-refractivity contribution in [2.75, 3.05) is 13.1 Å². The number of hydrogen-bond acceptors (Lipinski definition) is 3. The number of halogens is 1. The molecule has 1 aliphatic heterocycles. The van der Waals surface area contributed by atoms with Crippen molar-refractivity contribution in [2.24, 2.45) is 11.7 Å². The molecular weight excluding hydrogens is 296 g/mol. The number of hydrogen-bond donors (Lipinski definition) is 1. The van der Waals surface area contributed by atoms with Crippen LogP contribution in [0.15, 0.2) is 18.2 Å². The Morgan fingerprint density at radius 1 is 1.40 bits per heavy atom. The highest BCUT2D eigenvalue weighted by molar-refractivity contribution is 7.17. The lowest BCUT2D eigenvalue weighted by atomic mass is 9.93. The average Bonchev–Trinajstić information content (AvgIpc) is 2.82. The molecule has 0 saturated carbocycles. The smallest absolute Gasteiger partial charge is 0.246 e. The summed E-state index contributed by atoms with van der Waals surface area (Å²) in [4.78, 5) is 25.7. The fourth-order valence-electron chi connectivity index (χ4n) is 2.32. The van der Waals surface area contributed by atoms with Crippen LogP contribution in [0, 0.1) is 5.92 Å². The van der Waals surface area contributed by atoms with E-state index in [-0.39, 0.29) is 11.8 Å². The molecule has 2 heterocycles. The van der Waals surface area contributed by atoms with Crippen LogP contribution in [-0.4, -0.2) is 29.8 Å². The van der Waals surface area contributed by atoms with Crippen molar-refractivity contribution >= 4 is 40.8 Å². The lowest BCUT2D eigenvalue weighted by Gasteiger charge is -2.30. The van der Waals surface area contributed by atoms with Gasteiger partial charge in [0.1, 0.15) is 0 Å². The third kappa shape index (κ3) is 4.35. The van der Waals surface area contributed by atoms with Crippen molar-refractivity contribution in [3.63, 3.8) is 0 Å². The molecule has 1 aromatic rings. The van der Waals surface area contributed by atoms with E-state index in [1.807, 2.05) is 17.0 Å². The molecule has 0 radical (unpaired) electrons. The zero-order valence-corrected chi connectivity index (χ0v) is 12.6. The Morgan fingerprint density at radius 2 is 2.10 bits per heavy atom. The Morgan fingerprint density at radius 3 is 2.65 bits per heavy atom. The molecular formula is C14H17ClN2O2S. The predicted molar refractivity (Wildman–Crippen MR) is 81.5 cm³/mol. The van der Waals surface area contributed by atoms with Crippen LogP contribution in [0.3, 0.4) is 0 Å². The van der Waals surface area contributed by atoms with Gasteiger partial charge in [-0.25, -0.2) is 0 Å². The van der Waals surface area contributed by atoms with Gasteiger partial charge in [-0.3, -0.25) is 9.59 Å². The zero-order chi connectivity index (χ0) is 14.5. The maximum atomic E-state index is 12.0. The molecule has 20 heavy (non-hydrogen) atoms. The normalized spacial score (nSPS) is 16.8. The van der Waals surface area contributed by atoms with Crippen LogP contribution >= 0.6 is 22.9 Å². The van der Waals surface area contributed by atoms with Crippen LogP contribution < -0.4 is 5.73 Å². The van der Waals surface area contributed by atoms with Crippen molar-refractivity contribution in [1.29, 1.82) is 0 Å². The Labute approximate surface area is 127 Å². The summed E-state index contributed by atoms with van der Waals surface area (Å²) in [6.07, 6.45) is 5.47. The van der Waals surface area contributed by atoms with E-state index >= 15 is 0 Å². The highest BCUT2D eigenvalue weighted by Gasteiger charge is 2.22. The number of nitrogens with two attached hydrogens (primary N) is 1. The number of likely N-dealkylation sites (tertiary alicyclic amines) is 1. The van der Waals surface area contributed by atoms with Crippen molar-refractivity contribution in [2.45, 2.75) is 19.3 Å². The van der Waals surface area contributed by atoms with Crippen LogP contribution in [0.1, 0.15) is 24.1 Å². The van der Waals surface area contributed by atoms with Crippen LogP contribution in [0.4, 0.5) is 0 Å². The molecule has 0 spiro atoms. The summed E-state index contributed by atoms with van der Waals surface area (Å²) >= 11 is 7.27. The zero-order valence-electron chi connectivity index (χ0n) is 11.0. The number of piperidine rings is 1. The van der Waals surface area contributed by atoms with Gasteiger partial charge in [0.15, 0.2) is 0 Å². The van der Waals surface area contributed by atoms with Gasteiger partial charge in [0, 0.05) is 30.5 Å². The first kappa shape index (κ1) is 15.1. The molecule has 2 amide bonds. The van der Waals surface area contributed by atoms with E-state index in [0.29, 0.717) is 29.8 Å². The number of thiophene rings is 1. The fourth-order valence-corrected chi connectivity index (χ4v) is 3.28. The van der Waals surface area contributed by atoms with Gasteiger partial charge in [0.25, 0.3) is 0 Å². The molecule has 0 bridgehead atoms. The molecule has 0 aromatic carbocycles. The third-order valence-corrected chi connectivity index (χ3v) is 4.60. The molecule has 1 aliphatic rings. The number of nitrogens with zero attached hydrogens (tertiary/aromatic N) is 1. The van der Waals surface area contributed by atoms with E-state index in [2.05, 4.69) is 0 Å². The summed E-state index contributed by atoms with van der Waals surface area (Å²) in [6, 6.07) is 3.70. The topological polar surface area (TPSA) is 63.4 Å². The number of primary amides is 1. The molecule has 0 unspecified atom stereocenters. The highest BCUT2D eigenvalue weighted by Crippen LogP contribution is 2.23. The largest absolute Gasteiger partial charge is 0.370 e. The summed E-state index contributed by atoms with van der Waals surface area (Å²) in [5.41, 5.74) is 5.19. The molecule has 1 fully saturated rings. The highest BCUT2D eigenvalue weighted by atomic mass is 35.5. The first-order valence-corrected chi connectivity index (χ1v) is 7.74. The van der Waals surface area contributed by atoms with Crippen LogP contribution in [-0.2, 0) is 9.59 Å². The second kappa shape index (κ2) is 6.90. The Hall–Kier alpha value is -1.33. The van der Waals surface area contributed by atoms with E-state index in [1.165, 1.54) is 11.3 Å². The second-order valence-electron chi connectivity index (χ2n) is 4.91. The minimum atomic E-state index is -0.260. The maximum Gasteiger partial charge on any atom is 0.246 e. The molecule has 0 atom stereocenters. The summed E-state index contributed by atoms with van der Waals surface area (Å²) in [7, 11) is 0. The fraction of sp³-hybridized carbons (Fsp3) is 0.429. The van der Waals surface area contributed by atoms with Crippen LogP contribution in [0.25, 0.3) is 6.08 Å². The minimum absolute atomic E-state index is 0.00653. The molecule has 1 aromatic heterocycles. The predicted octanol–water partition coefficient (Wildman–Crippen LogP) is 2.53. The lowest BCUT2D eigenvalue weighted by molar-refractivity contribution is -0.127. The van der Waals surface area contributed by atoms with Gasteiger partial charge in [0.2, 0.25) is 11.8 Å². The van der Waals surface area contributed by atoms with Crippen molar-refractivity contribution in [1.82, 2.24) is 4.90 Å². The molecule has 2 N–H and O–H groups in total. The van der Waals surface area contributed by atoms with Gasteiger partial charge in [0.05, 0.1) is 4.34 Å². The van der Waals surface area contributed by atoms with Gasteiger partial charge in [-0.2, -0.15) is 0 Å². The standard InChI is InChI=1S/C14H17ClN2O2S/c15-12-3-1-11(20-12)2-4-14(19)17-7-5-10(6-8-17)9-13(16)18/h1-4,10H,5-9H2,(H2,16,18)/b4-2+. The van der Waals surface area contributed by atoms with Gasteiger partial charge in [-0.1, -0.05) is 11.6 Å². The Kier molecular flexibility index (Phi) is 5.20. The Bertz CT molecular complexity index is 519. The van der Waals surface area contributed by atoms with E-state index < -0.39 is 0 Å². The number of amides is 2. The van der Waals surface area contributed by atoms with Gasteiger partial charge < -0.3 is 10.6 Å². The van der Waals surface area contributed by atoms with E-state index in [9.17, 15) is 9.59 Å². The summed E-state index contributed by atoms with van der Waals surface area (Å²) in [5, 5.41) is 0. The summed E-state index contributed by atoms with van der Waals surface area (Å²) < 4.78 is 0.712. The second-order valence-corrected chi connectivity index (χ2v) is 6.66. The van der Waals surface area contributed by atoms with Crippen molar-refractivity contribution in [3.8, 4) is 0 Å². The molecule has 4 nitrogen and oxygen atoms in total. The van der Waals surface area contributed by atoms with Crippen LogP contribution in [0.5, 0.6) is 0 Å². The molecule has 1 saturated heterocycles. The Balaban J connectivity index is 1.82. The SMILES string of the molecule is NC(=O)CC1CCN(C(=O)/C=C/c2ccc(Cl)s2)CC1. The summed E-state index contributed by atoms with van der Waals surface area (Å²) in [6.45, 7) is 1.37. The van der Waals surface area contributed by atoms with E-state index in [0.717, 1.165) is 17.7 Å². The molecule has 2 rings (SSSR count). The number of carbonyl (C=O) groups is 2. The monoisotopic (exact) mass is 312 g/mol. The molecule has 6 heteroatoms. The van der Waals surface area contributed by atoms with Gasteiger partial charge >= 0.3 is 0 Å². The first-order valence-electron chi connectivity index (χ1n) is 6.55. The molecule has 108 valence electrons. The average molecular weight is 313 g/mol. The van der Waals surface area contributed by atoms with E-state index in [4.69, 9.17) is 17.3 Å². The minimum Gasteiger partial charge on any atom is -0.370 e. The van der Waals surface area contributed by atoms with Gasteiger partial charge in [-0.05, 0) is 37.0 Å². The maximum absolute atomic E-state index is 12.0. The number of rotatable bonds is 4. The van der Waals surface area contributed by atoms with Crippen molar-refractivity contribution in [3.05, 3.63) is 27.4 Å². The summed E-state index contributed by atoms with van der Waals surface area (Å²) in [5.74, 6) is 0.0629. The van der Waals surface area contributed by atoms with Crippen molar-refractivity contribution < 1.29 is 9.59 Å². The third-order valence-electron chi connectivity index (χ3n) is 3.40. The number of carbonyl (C=O) groups excluding carboxylic acids is 2.